The molecule has 2 rings (SSSR count). The topological polar surface area (TPSA) is 40.6 Å². The van der Waals surface area contributed by atoms with Gasteiger partial charge in [-0.1, -0.05) is 32.0 Å². The summed E-state index contributed by atoms with van der Waals surface area (Å²) in [5.41, 5.74) is 0.669. The fourth-order valence-electron chi connectivity index (χ4n) is 2.41. The molecule has 0 aromatic heterocycles. The summed E-state index contributed by atoms with van der Waals surface area (Å²) in [4.78, 5) is 27.7. The Morgan fingerprint density at radius 2 is 1.78 bits per heavy atom. The van der Waals surface area contributed by atoms with Crippen molar-refractivity contribution in [1.29, 1.82) is 0 Å². The Labute approximate surface area is 107 Å². The Balaban J connectivity index is 2.25. The van der Waals surface area contributed by atoms with Crippen molar-refractivity contribution < 1.29 is 9.59 Å². The van der Waals surface area contributed by atoms with Crippen molar-refractivity contribution in [3.05, 3.63) is 30.3 Å². The summed E-state index contributed by atoms with van der Waals surface area (Å²) in [5.74, 6) is -0.210. The number of likely N-dealkylation sites (N-methyl/N-ethyl adjacent to an activating group) is 1. The molecule has 1 aliphatic heterocycles. The van der Waals surface area contributed by atoms with Gasteiger partial charge in [0.2, 0.25) is 5.91 Å². The number of para-hydroxylation sites is 1. The summed E-state index contributed by atoms with van der Waals surface area (Å²) in [6.07, 6.45) is 0.287. The molecule has 2 amide bonds. The second kappa shape index (κ2) is 5.31. The fourth-order valence-corrected chi connectivity index (χ4v) is 2.41. The van der Waals surface area contributed by atoms with Gasteiger partial charge in [0.05, 0.1) is 18.2 Å². The number of rotatable bonds is 4. The van der Waals surface area contributed by atoms with Gasteiger partial charge in [0.1, 0.15) is 0 Å². The van der Waals surface area contributed by atoms with Gasteiger partial charge in [-0.05, 0) is 25.2 Å². The van der Waals surface area contributed by atoms with Crippen LogP contribution < -0.4 is 4.90 Å². The van der Waals surface area contributed by atoms with Crippen molar-refractivity contribution in [3.8, 4) is 0 Å². The van der Waals surface area contributed by atoms with Gasteiger partial charge in [-0.15, -0.1) is 0 Å². The molecule has 0 saturated carbocycles. The number of carbonyl (C=O) groups excluding carboxylic acids is 2. The van der Waals surface area contributed by atoms with E-state index in [2.05, 4.69) is 0 Å². The smallest absolute Gasteiger partial charge is 0.251 e. The van der Waals surface area contributed by atoms with E-state index in [4.69, 9.17) is 0 Å². The first-order valence-corrected chi connectivity index (χ1v) is 6.35. The van der Waals surface area contributed by atoms with Gasteiger partial charge < -0.3 is 0 Å². The van der Waals surface area contributed by atoms with E-state index in [9.17, 15) is 9.59 Å². The van der Waals surface area contributed by atoms with Crippen molar-refractivity contribution in [2.45, 2.75) is 26.3 Å². The van der Waals surface area contributed by atoms with Crippen LogP contribution in [0.3, 0.4) is 0 Å². The second-order valence-electron chi connectivity index (χ2n) is 4.34. The molecule has 1 aromatic rings. The number of imide groups is 1. The number of hydrogen-bond acceptors (Lipinski definition) is 3. The molecule has 0 radical (unpaired) electrons. The molecule has 1 fully saturated rings. The van der Waals surface area contributed by atoms with E-state index in [1.807, 2.05) is 36.9 Å². The molecule has 1 heterocycles. The zero-order valence-electron chi connectivity index (χ0n) is 10.8. The normalized spacial score (nSPS) is 19.9. The van der Waals surface area contributed by atoms with Crippen molar-refractivity contribution in [3.63, 3.8) is 0 Å². The third kappa shape index (κ3) is 2.16. The lowest BCUT2D eigenvalue weighted by atomic mass is 10.2. The fraction of sp³-hybridized carbons (Fsp3) is 0.429. The molecule has 0 N–H and O–H groups in total. The molecule has 0 bridgehead atoms. The van der Waals surface area contributed by atoms with Crippen molar-refractivity contribution in [1.82, 2.24) is 4.90 Å². The first-order valence-electron chi connectivity index (χ1n) is 6.35. The monoisotopic (exact) mass is 246 g/mol. The Bertz CT molecular complexity index is 440. The van der Waals surface area contributed by atoms with Gasteiger partial charge >= 0.3 is 0 Å². The molecular formula is C14H18N2O2. The molecule has 4 nitrogen and oxygen atoms in total. The molecule has 1 aromatic carbocycles. The van der Waals surface area contributed by atoms with Gasteiger partial charge in [-0.25, -0.2) is 4.90 Å². The highest BCUT2D eigenvalue weighted by molar-refractivity contribution is 6.22. The van der Waals surface area contributed by atoms with Crippen molar-refractivity contribution in [2.75, 3.05) is 18.0 Å². The third-order valence-electron chi connectivity index (χ3n) is 3.39. The van der Waals surface area contributed by atoms with E-state index in [0.29, 0.717) is 5.69 Å². The lowest BCUT2D eigenvalue weighted by Gasteiger charge is -2.24. The van der Waals surface area contributed by atoms with Gasteiger partial charge in [-0.2, -0.15) is 0 Å². The molecule has 1 saturated heterocycles. The number of hydrogen-bond donors (Lipinski definition) is 0. The van der Waals surface area contributed by atoms with Gasteiger partial charge in [0.15, 0.2) is 0 Å². The highest BCUT2D eigenvalue weighted by Gasteiger charge is 2.41. The number of nitrogens with zero attached hydrogens (tertiary/aromatic N) is 2. The van der Waals surface area contributed by atoms with Crippen LogP contribution in [0.5, 0.6) is 0 Å². The van der Waals surface area contributed by atoms with Crippen molar-refractivity contribution in [2.24, 2.45) is 0 Å². The zero-order chi connectivity index (χ0) is 13.1. The minimum absolute atomic E-state index is 0.102. The SMILES string of the molecule is CCN(CC)C1CC(=O)N(c2ccccc2)C1=O. The largest absolute Gasteiger partial charge is 0.292 e. The molecule has 1 atom stereocenters. The summed E-state index contributed by atoms with van der Waals surface area (Å²) in [6.45, 7) is 5.57. The molecule has 18 heavy (non-hydrogen) atoms. The van der Waals surface area contributed by atoms with Crippen LogP contribution in [-0.4, -0.2) is 35.8 Å². The summed E-state index contributed by atoms with van der Waals surface area (Å²) in [6, 6.07) is 8.83. The van der Waals surface area contributed by atoms with Crippen LogP contribution in [0.1, 0.15) is 20.3 Å². The highest BCUT2D eigenvalue weighted by Crippen LogP contribution is 2.25. The molecule has 96 valence electrons. The Morgan fingerprint density at radius 1 is 1.17 bits per heavy atom. The van der Waals surface area contributed by atoms with Gasteiger partial charge in [-0.3, -0.25) is 14.5 Å². The van der Waals surface area contributed by atoms with Crippen molar-refractivity contribution >= 4 is 17.5 Å². The third-order valence-corrected chi connectivity index (χ3v) is 3.39. The van der Waals surface area contributed by atoms with Crippen LogP contribution in [-0.2, 0) is 9.59 Å². The number of benzene rings is 1. The van der Waals surface area contributed by atoms with Gasteiger partial charge in [0.25, 0.3) is 5.91 Å². The molecular weight excluding hydrogens is 228 g/mol. The number of carbonyl (C=O) groups is 2. The zero-order valence-corrected chi connectivity index (χ0v) is 10.8. The van der Waals surface area contributed by atoms with Crippen LogP contribution in [0.25, 0.3) is 0 Å². The Morgan fingerprint density at radius 3 is 2.33 bits per heavy atom. The minimum atomic E-state index is -0.298. The summed E-state index contributed by atoms with van der Waals surface area (Å²) >= 11 is 0. The van der Waals surface area contributed by atoms with E-state index in [-0.39, 0.29) is 24.3 Å². The lowest BCUT2D eigenvalue weighted by molar-refractivity contribution is -0.122. The average molecular weight is 246 g/mol. The maximum atomic E-state index is 12.3. The van der Waals surface area contributed by atoms with E-state index < -0.39 is 0 Å². The predicted molar refractivity (Wildman–Crippen MR) is 70.3 cm³/mol. The number of amides is 2. The standard InChI is InChI=1S/C14H18N2O2/c1-3-15(4-2)12-10-13(17)16(14(12)18)11-8-6-5-7-9-11/h5-9,12H,3-4,10H2,1-2H3. The summed E-state index contributed by atoms with van der Waals surface area (Å²) < 4.78 is 0. The van der Waals surface area contributed by atoms with Gasteiger partial charge in [0, 0.05) is 0 Å². The molecule has 4 heteroatoms. The molecule has 0 spiro atoms. The molecule has 0 aliphatic carbocycles. The highest BCUT2D eigenvalue weighted by atomic mass is 16.2. The van der Waals surface area contributed by atoms with Crippen LogP contribution in [0.2, 0.25) is 0 Å². The second-order valence-corrected chi connectivity index (χ2v) is 4.34. The first-order chi connectivity index (χ1) is 8.69. The average Bonchev–Trinajstić information content (AvgIpc) is 2.68. The van der Waals surface area contributed by atoms with Crippen LogP contribution in [0.15, 0.2) is 30.3 Å². The van der Waals surface area contributed by atoms with Crippen LogP contribution >= 0.6 is 0 Å². The number of anilines is 1. The van der Waals surface area contributed by atoms with Crippen LogP contribution in [0, 0.1) is 0 Å². The predicted octanol–water partition coefficient (Wildman–Crippen LogP) is 1.66. The summed E-state index contributed by atoms with van der Waals surface area (Å²) in [7, 11) is 0. The van der Waals surface area contributed by atoms with E-state index in [1.54, 1.807) is 12.1 Å². The first kappa shape index (κ1) is 12.8. The molecule has 1 unspecified atom stereocenters. The maximum absolute atomic E-state index is 12.3. The van der Waals surface area contributed by atoms with E-state index >= 15 is 0 Å². The van der Waals surface area contributed by atoms with E-state index in [0.717, 1.165) is 13.1 Å². The lowest BCUT2D eigenvalue weighted by Crippen LogP contribution is -2.41. The Hall–Kier alpha value is -1.68. The summed E-state index contributed by atoms with van der Waals surface area (Å²) in [5, 5.41) is 0. The Kier molecular flexibility index (Phi) is 3.77. The maximum Gasteiger partial charge on any atom is 0.251 e. The van der Waals surface area contributed by atoms with Crippen LogP contribution in [0.4, 0.5) is 5.69 Å². The van der Waals surface area contributed by atoms with E-state index in [1.165, 1.54) is 4.90 Å². The quantitative estimate of drug-likeness (QED) is 0.759. The minimum Gasteiger partial charge on any atom is -0.292 e. The molecule has 1 aliphatic rings.